The van der Waals surface area contributed by atoms with Crippen LogP contribution in [0.25, 0.3) is 0 Å². The fraction of sp³-hybridized carbons (Fsp3) is 0.556. The van der Waals surface area contributed by atoms with Crippen LogP contribution < -0.4 is 10.6 Å². The minimum Gasteiger partial charge on any atom is -0.459 e. The highest BCUT2D eigenvalue weighted by Gasteiger charge is 2.26. The molecular weight excluding hydrogens is 318 g/mol. The number of likely N-dealkylation sites (tertiary alicyclic amines) is 1. The second-order valence-electron chi connectivity index (χ2n) is 7.05. The number of carbonyl (C=O) groups is 1. The van der Waals surface area contributed by atoms with Gasteiger partial charge in [-0.15, -0.1) is 0 Å². The van der Waals surface area contributed by atoms with Crippen molar-refractivity contribution in [2.24, 2.45) is 5.92 Å². The van der Waals surface area contributed by atoms with Gasteiger partial charge in [0.05, 0.1) is 12.0 Å². The number of aryl methyl sites for hydroxylation is 1. The van der Waals surface area contributed by atoms with Crippen molar-refractivity contribution in [3.63, 3.8) is 0 Å². The number of piperidine rings is 1. The average Bonchev–Trinajstić information content (AvgIpc) is 3.28. The van der Waals surface area contributed by atoms with Gasteiger partial charge in [-0.1, -0.05) is 0 Å². The van der Waals surface area contributed by atoms with Crippen LogP contribution in [-0.4, -0.2) is 52.8 Å². The molecule has 4 heterocycles. The van der Waals surface area contributed by atoms with E-state index in [0.717, 1.165) is 57.1 Å². The zero-order valence-electron chi connectivity index (χ0n) is 14.6. The number of aromatic nitrogens is 2. The van der Waals surface area contributed by atoms with Crippen molar-refractivity contribution < 1.29 is 9.21 Å². The predicted molar refractivity (Wildman–Crippen MR) is 94.6 cm³/mol. The van der Waals surface area contributed by atoms with Crippen LogP contribution in [0.1, 0.15) is 29.1 Å². The van der Waals surface area contributed by atoms with Crippen molar-refractivity contribution in [2.45, 2.75) is 32.4 Å². The van der Waals surface area contributed by atoms with Crippen molar-refractivity contribution in [2.75, 3.05) is 31.5 Å². The first kappa shape index (κ1) is 16.2. The topological polar surface area (TPSA) is 75.3 Å². The molecule has 0 aliphatic carbocycles. The molecule has 1 amide bonds. The summed E-state index contributed by atoms with van der Waals surface area (Å²) in [5.41, 5.74) is 1.06. The molecule has 0 bridgehead atoms. The number of rotatable bonds is 4. The van der Waals surface area contributed by atoms with Crippen molar-refractivity contribution >= 4 is 11.7 Å². The Morgan fingerprint density at radius 2 is 2.28 bits per heavy atom. The maximum atomic E-state index is 12.3. The Morgan fingerprint density at radius 3 is 3.04 bits per heavy atom. The molecule has 0 aromatic carbocycles. The van der Waals surface area contributed by atoms with Crippen LogP contribution in [0.5, 0.6) is 0 Å². The smallest absolute Gasteiger partial charge is 0.289 e. The number of amides is 1. The second-order valence-corrected chi connectivity index (χ2v) is 7.05. The molecule has 0 spiro atoms. The number of nitrogens with one attached hydrogen (secondary N) is 2. The number of carbonyl (C=O) groups excluding carboxylic acids is 1. The van der Waals surface area contributed by atoms with E-state index >= 15 is 0 Å². The quantitative estimate of drug-likeness (QED) is 0.884. The third kappa shape index (κ3) is 3.56. The molecule has 1 saturated heterocycles. The molecule has 4 rings (SSSR count). The lowest BCUT2D eigenvalue weighted by Crippen LogP contribution is -2.47. The van der Waals surface area contributed by atoms with Crippen LogP contribution in [0.15, 0.2) is 28.9 Å². The number of fused-ring (bicyclic) bond motifs is 1. The second kappa shape index (κ2) is 6.92. The molecule has 1 fully saturated rings. The first-order valence-electron chi connectivity index (χ1n) is 9.03. The number of furan rings is 1. The summed E-state index contributed by atoms with van der Waals surface area (Å²) in [7, 11) is 0. The van der Waals surface area contributed by atoms with Crippen molar-refractivity contribution in [1.82, 2.24) is 20.0 Å². The summed E-state index contributed by atoms with van der Waals surface area (Å²) in [5.74, 6) is 2.10. The summed E-state index contributed by atoms with van der Waals surface area (Å²) in [6, 6.07) is 6.05. The lowest BCUT2D eigenvalue weighted by atomic mass is 10.0. The molecule has 2 aliphatic heterocycles. The van der Waals surface area contributed by atoms with Crippen LogP contribution in [0, 0.1) is 12.8 Å². The summed E-state index contributed by atoms with van der Waals surface area (Å²) in [5, 5.41) is 11.7. The van der Waals surface area contributed by atoms with Crippen LogP contribution in [-0.2, 0) is 6.54 Å². The molecule has 7 heteroatoms. The number of hydrogen-bond acceptors (Lipinski definition) is 5. The van der Waals surface area contributed by atoms with Crippen molar-refractivity contribution in [3.8, 4) is 0 Å². The van der Waals surface area contributed by atoms with E-state index in [4.69, 9.17) is 4.42 Å². The van der Waals surface area contributed by atoms with Gasteiger partial charge in [0.15, 0.2) is 5.76 Å². The van der Waals surface area contributed by atoms with E-state index in [1.165, 1.54) is 0 Å². The molecule has 0 saturated carbocycles. The van der Waals surface area contributed by atoms with Gasteiger partial charge in [0.25, 0.3) is 5.91 Å². The number of hydrogen-bond donors (Lipinski definition) is 2. The van der Waals surface area contributed by atoms with Crippen LogP contribution in [0.4, 0.5) is 5.82 Å². The maximum absolute atomic E-state index is 12.3. The third-order valence-electron chi connectivity index (χ3n) is 5.11. The molecule has 0 unspecified atom stereocenters. The molecule has 1 atom stereocenters. The van der Waals surface area contributed by atoms with Gasteiger partial charge in [0.1, 0.15) is 5.82 Å². The van der Waals surface area contributed by atoms with Gasteiger partial charge in [-0.3, -0.25) is 4.79 Å². The lowest BCUT2D eigenvalue weighted by Gasteiger charge is -2.33. The summed E-state index contributed by atoms with van der Waals surface area (Å²) >= 11 is 0. The highest BCUT2D eigenvalue weighted by atomic mass is 16.3. The third-order valence-corrected chi connectivity index (χ3v) is 5.11. The van der Waals surface area contributed by atoms with Gasteiger partial charge in [0.2, 0.25) is 0 Å². The van der Waals surface area contributed by atoms with Gasteiger partial charge in [-0.25, -0.2) is 4.68 Å². The zero-order valence-corrected chi connectivity index (χ0v) is 14.6. The van der Waals surface area contributed by atoms with E-state index in [1.807, 2.05) is 11.8 Å². The highest BCUT2D eigenvalue weighted by molar-refractivity contribution is 5.91. The zero-order chi connectivity index (χ0) is 17.2. The van der Waals surface area contributed by atoms with Gasteiger partial charge >= 0.3 is 0 Å². The van der Waals surface area contributed by atoms with Crippen molar-refractivity contribution in [1.29, 1.82) is 0 Å². The van der Waals surface area contributed by atoms with Crippen LogP contribution in [0.3, 0.4) is 0 Å². The lowest BCUT2D eigenvalue weighted by molar-refractivity contribution is 0.0671. The van der Waals surface area contributed by atoms with Gasteiger partial charge in [-0.2, -0.15) is 5.10 Å². The molecule has 2 aromatic rings. The normalized spacial score (nSPS) is 21.0. The molecule has 134 valence electrons. The Kier molecular flexibility index (Phi) is 4.48. The molecule has 2 N–H and O–H groups in total. The van der Waals surface area contributed by atoms with Crippen molar-refractivity contribution in [3.05, 3.63) is 35.9 Å². The predicted octanol–water partition coefficient (Wildman–Crippen LogP) is 1.72. The minimum atomic E-state index is 0.00140. The van der Waals surface area contributed by atoms with Gasteiger partial charge in [-0.05, 0) is 31.9 Å². The van der Waals surface area contributed by atoms with E-state index in [-0.39, 0.29) is 5.91 Å². The molecule has 25 heavy (non-hydrogen) atoms. The Hall–Kier alpha value is -2.28. The number of anilines is 1. The van der Waals surface area contributed by atoms with E-state index < -0.39 is 0 Å². The van der Waals surface area contributed by atoms with Gasteiger partial charge < -0.3 is 20.0 Å². The first-order valence-corrected chi connectivity index (χ1v) is 9.03. The fourth-order valence-electron chi connectivity index (χ4n) is 3.70. The Morgan fingerprint density at radius 1 is 1.44 bits per heavy atom. The van der Waals surface area contributed by atoms with Gasteiger partial charge in [0, 0.05) is 50.7 Å². The molecule has 2 aliphatic rings. The molecular formula is C18H25N5O2. The van der Waals surface area contributed by atoms with Crippen LogP contribution >= 0.6 is 0 Å². The maximum Gasteiger partial charge on any atom is 0.289 e. The SMILES string of the molecule is Cc1cc2n(n1)C[C@H](CNC1CCN(C(=O)c3ccco3)CC1)CN2. The molecule has 0 radical (unpaired) electrons. The summed E-state index contributed by atoms with van der Waals surface area (Å²) in [6.45, 7) is 6.50. The Labute approximate surface area is 147 Å². The first-order chi connectivity index (χ1) is 12.2. The molecule has 7 nitrogen and oxygen atoms in total. The monoisotopic (exact) mass is 343 g/mol. The minimum absolute atomic E-state index is 0.00140. The molecule has 2 aromatic heterocycles. The van der Waals surface area contributed by atoms with Crippen LogP contribution in [0.2, 0.25) is 0 Å². The van der Waals surface area contributed by atoms with E-state index in [9.17, 15) is 4.79 Å². The Bertz CT molecular complexity index is 716. The average molecular weight is 343 g/mol. The van der Waals surface area contributed by atoms with E-state index in [1.54, 1.807) is 18.4 Å². The standard InChI is InChI=1S/C18H25N5O2/c1-13-9-17-20-11-14(12-23(17)21-13)10-19-15-4-6-22(7-5-15)18(24)16-3-2-8-25-16/h2-3,8-9,14-15,19-20H,4-7,10-12H2,1H3/t14-/m1/s1. The largest absolute Gasteiger partial charge is 0.459 e. The van der Waals surface area contributed by atoms with E-state index in [0.29, 0.717) is 17.7 Å². The summed E-state index contributed by atoms with van der Waals surface area (Å²) in [4.78, 5) is 14.2. The summed E-state index contributed by atoms with van der Waals surface area (Å²) < 4.78 is 7.28. The fourth-order valence-corrected chi connectivity index (χ4v) is 3.70. The van der Waals surface area contributed by atoms with E-state index in [2.05, 4.69) is 26.5 Å². The summed E-state index contributed by atoms with van der Waals surface area (Å²) in [6.07, 6.45) is 3.52. The Balaban J connectivity index is 1.22. The number of nitrogens with zero attached hydrogens (tertiary/aromatic N) is 3. The highest BCUT2D eigenvalue weighted by Crippen LogP contribution is 2.19.